The number of rotatable bonds is 8. The lowest BCUT2D eigenvalue weighted by molar-refractivity contribution is -0.117. The minimum Gasteiger partial charge on any atom is -0.487 e. The molecular formula is C31H33ClN6O2. The van der Waals surface area contributed by atoms with E-state index in [-0.39, 0.29) is 17.7 Å². The molecule has 0 unspecified atom stereocenters. The molecule has 1 aliphatic heterocycles. The number of carbonyl (C=O) groups excluding carboxylic acids is 1. The van der Waals surface area contributed by atoms with Crippen LogP contribution in [0.25, 0.3) is 5.65 Å². The van der Waals surface area contributed by atoms with Crippen LogP contribution in [0.5, 0.6) is 5.75 Å². The number of ether oxygens (including phenoxy) is 1. The summed E-state index contributed by atoms with van der Waals surface area (Å²) in [5.41, 5.74) is 5.56. The average molecular weight is 557 g/mol. The Labute approximate surface area is 238 Å². The third-order valence-corrected chi connectivity index (χ3v) is 8.50. The Morgan fingerprint density at radius 2 is 1.93 bits per heavy atom. The van der Waals surface area contributed by atoms with Crippen LogP contribution in [-0.2, 0) is 11.4 Å². The maximum atomic E-state index is 12.8. The van der Waals surface area contributed by atoms with Crippen LogP contribution in [-0.4, -0.2) is 58.4 Å². The number of pyridine rings is 2. The molecule has 1 N–H and O–H groups in total. The van der Waals surface area contributed by atoms with E-state index in [1.54, 1.807) is 18.3 Å². The molecule has 3 aromatic heterocycles. The van der Waals surface area contributed by atoms with Gasteiger partial charge in [-0.3, -0.25) is 4.79 Å². The molecule has 3 fully saturated rings. The first-order valence-corrected chi connectivity index (χ1v) is 14.5. The second-order valence-electron chi connectivity index (χ2n) is 11.3. The van der Waals surface area contributed by atoms with Gasteiger partial charge in [-0.1, -0.05) is 23.7 Å². The van der Waals surface area contributed by atoms with Crippen LogP contribution in [0, 0.1) is 5.92 Å². The van der Waals surface area contributed by atoms with Gasteiger partial charge in [0.2, 0.25) is 5.91 Å². The molecule has 2 aliphatic carbocycles. The van der Waals surface area contributed by atoms with Gasteiger partial charge in [0.1, 0.15) is 18.2 Å². The minimum absolute atomic E-state index is 0.0297. The predicted molar refractivity (Wildman–Crippen MR) is 156 cm³/mol. The van der Waals surface area contributed by atoms with Gasteiger partial charge in [-0.15, -0.1) is 0 Å². The highest BCUT2D eigenvalue weighted by Crippen LogP contribution is 2.48. The number of nitrogens with zero attached hydrogens (tertiary/aromatic N) is 5. The summed E-state index contributed by atoms with van der Waals surface area (Å²) >= 11 is 6.12. The molecule has 0 spiro atoms. The van der Waals surface area contributed by atoms with E-state index in [1.165, 1.54) is 24.1 Å². The Kier molecular flexibility index (Phi) is 6.60. The van der Waals surface area contributed by atoms with E-state index in [4.69, 9.17) is 21.3 Å². The number of benzene rings is 1. The zero-order chi connectivity index (χ0) is 27.2. The van der Waals surface area contributed by atoms with Crippen molar-refractivity contribution in [1.29, 1.82) is 0 Å². The lowest BCUT2D eigenvalue weighted by Gasteiger charge is -2.34. The number of halogens is 1. The number of hydrogen-bond donors (Lipinski definition) is 1. The predicted octanol–water partition coefficient (Wildman–Crippen LogP) is 5.33. The van der Waals surface area contributed by atoms with Gasteiger partial charge in [0, 0.05) is 61.8 Å². The lowest BCUT2D eigenvalue weighted by Crippen LogP contribution is -2.44. The normalized spacial score (nSPS) is 21.0. The van der Waals surface area contributed by atoms with Gasteiger partial charge in [0.15, 0.2) is 5.65 Å². The Morgan fingerprint density at radius 1 is 1.07 bits per heavy atom. The molecular weight excluding hydrogens is 524 g/mol. The van der Waals surface area contributed by atoms with Gasteiger partial charge < -0.3 is 24.3 Å². The number of likely N-dealkylation sites (N-methyl/N-ethyl adjacent to an activating group) is 1. The highest BCUT2D eigenvalue weighted by atomic mass is 35.5. The van der Waals surface area contributed by atoms with Crippen molar-refractivity contribution >= 4 is 34.7 Å². The van der Waals surface area contributed by atoms with Crippen LogP contribution in [0.1, 0.15) is 47.9 Å². The van der Waals surface area contributed by atoms with Crippen molar-refractivity contribution in [3.8, 4) is 5.75 Å². The van der Waals surface area contributed by atoms with Crippen LogP contribution < -0.4 is 15.0 Å². The molecule has 8 nitrogen and oxygen atoms in total. The van der Waals surface area contributed by atoms with Gasteiger partial charge in [0.25, 0.3) is 0 Å². The maximum Gasteiger partial charge on any atom is 0.229 e. The number of nitrogens with one attached hydrogen (secondary N) is 1. The first-order chi connectivity index (χ1) is 19.5. The third kappa shape index (κ3) is 5.38. The first kappa shape index (κ1) is 25.4. The van der Waals surface area contributed by atoms with Gasteiger partial charge in [-0.25, -0.2) is 9.97 Å². The van der Waals surface area contributed by atoms with E-state index in [0.29, 0.717) is 29.1 Å². The molecule has 4 aromatic rings. The van der Waals surface area contributed by atoms with Crippen molar-refractivity contribution in [2.24, 2.45) is 5.92 Å². The molecule has 2 atom stereocenters. The fourth-order valence-corrected chi connectivity index (χ4v) is 5.88. The van der Waals surface area contributed by atoms with Crippen molar-refractivity contribution in [3.63, 3.8) is 0 Å². The third-order valence-electron chi connectivity index (χ3n) is 8.27. The molecule has 9 heteroatoms. The lowest BCUT2D eigenvalue weighted by atomic mass is 10.1. The molecule has 2 saturated carbocycles. The number of piperazine rings is 1. The van der Waals surface area contributed by atoms with E-state index in [1.807, 2.05) is 24.3 Å². The summed E-state index contributed by atoms with van der Waals surface area (Å²) in [6.45, 7) is 4.45. The van der Waals surface area contributed by atoms with Crippen molar-refractivity contribution in [3.05, 3.63) is 82.9 Å². The zero-order valence-corrected chi connectivity index (χ0v) is 23.3. The SMILES string of the molecule is CN1CCN(c2cc(C3CC3)cn3cc(COc4ccnc(NC(=O)[C@H]5C[C@@H]5c5cccc(Cl)c5)c4)nc23)CC1. The molecule has 206 valence electrons. The van der Waals surface area contributed by atoms with Crippen LogP contribution >= 0.6 is 11.6 Å². The number of imidazole rings is 1. The summed E-state index contributed by atoms with van der Waals surface area (Å²) in [5.74, 6) is 1.89. The van der Waals surface area contributed by atoms with Crippen LogP contribution in [0.4, 0.5) is 11.5 Å². The number of amides is 1. The Morgan fingerprint density at radius 3 is 2.73 bits per heavy atom. The van der Waals surface area contributed by atoms with Crippen molar-refractivity contribution in [2.45, 2.75) is 37.7 Å². The highest BCUT2D eigenvalue weighted by molar-refractivity contribution is 6.30. The Balaban J connectivity index is 1.03. The summed E-state index contributed by atoms with van der Waals surface area (Å²) in [7, 11) is 2.18. The first-order valence-electron chi connectivity index (χ1n) is 14.1. The maximum absolute atomic E-state index is 12.8. The molecule has 3 aliphatic rings. The van der Waals surface area contributed by atoms with E-state index in [0.717, 1.165) is 49.5 Å². The van der Waals surface area contributed by atoms with Crippen molar-refractivity contribution in [1.82, 2.24) is 19.3 Å². The number of anilines is 2. The molecule has 0 radical (unpaired) electrons. The van der Waals surface area contributed by atoms with Crippen LogP contribution in [0.2, 0.25) is 5.02 Å². The monoisotopic (exact) mass is 556 g/mol. The van der Waals surface area contributed by atoms with Crippen molar-refractivity contribution in [2.75, 3.05) is 43.4 Å². The summed E-state index contributed by atoms with van der Waals surface area (Å²) in [6.07, 6.45) is 9.31. The molecule has 1 amide bonds. The molecule has 40 heavy (non-hydrogen) atoms. The fraction of sp³-hybridized carbons (Fsp3) is 0.387. The number of carbonyl (C=O) groups is 1. The largest absolute Gasteiger partial charge is 0.487 e. The summed E-state index contributed by atoms with van der Waals surface area (Å²) in [5, 5.41) is 3.65. The summed E-state index contributed by atoms with van der Waals surface area (Å²) in [6, 6.07) is 13.7. The molecule has 1 saturated heterocycles. The van der Waals surface area contributed by atoms with Gasteiger partial charge in [-0.05, 0) is 73.5 Å². The summed E-state index contributed by atoms with van der Waals surface area (Å²) in [4.78, 5) is 27.0. The molecule has 0 bridgehead atoms. The standard InChI is InChI=1S/C31H33ClN6O2/c1-36-9-11-37(12-10-36)28-14-22(20-5-6-20)17-38-18-24(34-30(28)38)19-40-25-7-8-33-29(15-25)35-31(39)27-16-26(27)21-3-2-4-23(32)13-21/h2-4,7-8,13-15,17-18,20,26-27H,5-6,9-12,16,19H2,1H3,(H,33,35,39)/t26-,27+/m1/s1. The Hall–Kier alpha value is -3.62. The fourth-order valence-electron chi connectivity index (χ4n) is 5.68. The van der Waals surface area contributed by atoms with E-state index in [2.05, 4.69) is 50.0 Å². The summed E-state index contributed by atoms with van der Waals surface area (Å²) < 4.78 is 8.28. The second kappa shape index (κ2) is 10.4. The van der Waals surface area contributed by atoms with Gasteiger partial charge >= 0.3 is 0 Å². The number of aromatic nitrogens is 3. The zero-order valence-electron chi connectivity index (χ0n) is 22.6. The number of hydrogen-bond acceptors (Lipinski definition) is 6. The van der Waals surface area contributed by atoms with Crippen LogP contribution in [0.15, 0.2) is 61.1 Å². The second-order valence-corrected chi connectivity index (χ2v) is 11.8. The van der Waals surface area contributed by atoms with E-state index < -0.39 is 0 Å². The molecule has 4 heterocycles. The quantitative estimate of drug-likeness (QED) is 0.316. The number of fused-ring (bicyclic) bond motifs is 1. The van der Waals surface area contributed by atoms with E-state index >= 15 is 0 Å². The molecule has 7 rings (SSSR count). The van der Waals surface area contributed by atoms with E-state index in [9.17, 15) is 4.79 Å². The topological polar surface area (TPSA) is 75.0 Å². The van der Waals surface area contributed by atoms with Crippen molar-refractivity contribution < 1.29 is 9.53 Å². The minimum atomic E-state index is -0.0714. The van der Waals surface area contributed by atoms with Crippen LogP contribution in [0.3, 0.4) is 0 Å². The Bertz CT molecular complexity index is 1560. The van der Waals surface area contributed by atoms with Gasteiger partial charge in [-0.2, -0.15) is 0 Å². The molecule has 1 aromatic carbocycles. The van der Waals surface area contributed by atoms with Gasteiger partial charge in [0.05, 0.1) is 11.4 Å². The highest BCUT2D eigenvalue weighted by Gasteiger charge is 2.44. The smallest absolute Gasteiger partial charge is 0.229 e. The average Bonchev–Trinajstić information content (AvgIpc) is 3.88.